The van der Waals surface area contributed by atoms with E-state index in [4.69, 9.17) is 4.74 Å². The monoisotopic (exact) mass is 589 g/mol. The molecule has 1 aliphatic heterocycles. The molecule has 1 saturated heterocycles. The van der Waals surface area contributed by atoms with Crippen molar-refractivity contribution in [3.63, 3.8) is 0 Å². The molecule has 0 radical (unpaired) electrons. The molecule has 1 saturated carbocycles. The van der Waals surface area contributed by atoms with Crippen LogP contribution in [0.3, 0.4) is 0 Å². The number of carbonyl (C=O) groups is 1. The predicted molar refractivity (Wildman–Crippen MR) is 158 cm³/mol. The van der Waals surface area contributed by atoms with E-state index in [-0.39, 0.29) is 29.3 Å². The number of sulfonamides is 1. The summed E-state index contributed by atoms with van der Waals surface area (Å²) in [6, 6.07) is 4.06. The molecule has 1 aromatic heterocycles. The van der Waals surface area contributed by atoms with E-state index >= 15 is 0 Å². The van der Waals surface area contributed by atoms with Crippen molar-refractivity contribution < 1.29 is 22.3 Å². The lowest BCUT2D eigenvalue weighted by Crippen LogP contribution is -2.36. The first-order valence-electron chi connectivity index (χ1n) is 14.8. The van der Waals surface area contributed by atoms with E-state index in [1.165, 1.54) is 37.2 Å². The fourth-order valence-electron chi connectivity index (χ4n) is 6.22. The van der Waals surface area contributed by atoms with Crippen LogP contribution >= 0.6 is 0 Å². The molecule has 0 unspecified atom stereocenters. The predicted octanol–water partition coefficient (Wildman–Crippen LogP) is 5.38. The van der Waals surface area contributed by atoms with E-state index < -0.39 is 15.8 Å². The number of aromatic nitrogens is 2. The van der Waals surface area contributed by atoms with Crippen LogP contribution in [-0.4, -0.2) is 67.2 Å². The number of ether oxygens (including phenoxy) is 1. The molecule has 0 bridgehead atoms. The van der Waals surface area contributed by atoms with Crippen molar-refractivity contribution in [3.8, 4) is 11.5 Å². The van der Waals surface area contributed by atoms with Gasteiger partial charge in [0.25, 0.3) is 5.91 Å². The number of amides is 1. The highest BCUT2D eigenvalue weighted by atomic mass is 32.2. The molecule has 2 aliphatic rings. The smallest absolute Gasteiger partial charge is 0.257 e. The molecule has 1 N–H and O–H groups in total. The Hall–Kier alpha value is -2.79. The fraction of sp³-hybridized carbons (Fsp3) is 0.633. The van der Waals surface area contributed by atoms with Crippen LogP contribution in [0.1, 0.15) is 82.5 Å². The molecule has 0 spiro atoms. The van der Waals surface area contributed by atoms with E-state index in [9.17, 15) is 17.6 Å². The van der Waals surface area contributed by atoms with Gasteiger partial charge >= 0.3 is 0 Å². The van der Waals surface area contributed by atoms with Crippen LogP contribution in [0.15, 0.2) is 30.7 Å². The Morgan fingerprint density at radius 2 is 1.88 bits per heavy atom. The minimum absolute atomic E-state index is 0.0345. The second kappa shape index (κ2) is 13.9. The highest BCUT2D eigenvalue weighted by Crippen LogP contribution is 2.36. The van der Waals surface area contributed by atoms with Crippen molar-refractivity contribution in [3.05, 3.63) is 42.1 Å². The van der Waals surface area contributed by atoms with E-state index in [1.54, 1.807) is 11.1 Å². The number of hydrogen-bond donors (Lipinski definition) is 1. The molecule has 1 aromatic carbocycles. The largest absolute Gasteiger partial charge is 0.451 e. The van der Waals surface area contributed by atoms with Gasteiger partial charge < -0.3 is 14.5 Å². The van der Waals surface area contributed by atoms with Crippen molar-refractivity contribution >= 4 is 21.7 Å². The van der Waals surface area contributed by atoms with Crippen LogP contribution in [0.4, 0.5) is 10.2 Å². The number of benzene rings is 1. The molecule has 1 aliphatic carbocycles. The molecular formula is C30H44FN5O4S. The second-order valence-electron chi connectivity index (χ2n) is 11.8. The first-order valence-corrected chi connectivity index (χ1v) is 16.7. The normalized spacial score (nSPS) is 21.3. The maximum atomic E-state index is 14.2. The summed E-state index contributed by atoms with van der Waals surface area (Å²) in [5.41, 5.74) is 0.177. The van der Waals surface area contributed by atoms with Crippen molar-refractivity contribution in [1.29, 1.82) is 0 Å². The SMILES string of the molecule is CCN(C(=O)c1cc(F)ccc1Oc1cncnc1N1CC[C@@H](CCC[C@H]2CC[C@@H](NS(C)(=O)=O)CC2)C1)C(C)C. The lowest BCUT2D eigenvalue weighted by molar-refractivity contribution is 0.0713. The summed E-state index contributed by atoms with van der Waals surface area (Å²) < 4.78 is 46.2. The zero-order chi connectivity index (χ0) is 29.6. The van der Waals surface area contributed by atoms with Gasteiger partial charge in [-0.25, -0.2) is 27.5 Å². The Labute approximate surface area is 243 Å². The summed E-state index contributed by atoms with van der Waals surface area (Å²) >= 11 is 0. The topological polar surface area (TPSA) is 105 Å². The molecule has 2 heterocycles. The standard InChI is InChI=1S/C30H44FN5O4S/c1-5-36(21(2)3)30(37)26-17-24(31)11-14-27(26)40-28-18-32-20-33-29(28)35-16-15-23(19-35)8-6-7-22-9-12-25(13-10-22)34-41(4,38)39/h11,14,17-18,20-23,25,34H,5-10,12-13,15-16,19H2,1-4H3/t22-,23-,25+/m1/s1. The molecule has 41 heavy (non-hydrogen) atoms. The number of carbonyl (C=O) groups excluding carboxylic acids is 1. The third kappa shape index (κ3) is 8.61. The van der Waals surface area contributed by atoms with Crippen molar-refractivity contribution in [2.24, 2.45) is 11.8 Å². The van der Waals surface area contributed by atoms with Crippen LogP contribution in [0, 0.1) is 17.7 Å². The van der Waals surface area contributed by atoms with Gasteiger partial charge in [-0.1, -0.05) is 12.8 Å². The van der Waals surface area contributed by atoms with Gasteiger partial charge in [-0.3, -0.25) is 4.79 Å². The highest BCUT2D eigenvalue weighted by molar-refractivity contribution is 7.88. The first kappa shape index (κ1) is 31.2. The van der Waals surface area contributed by atoms with E-state index in [2.05, 4.69) is 19.6 Å². The lowest BCUT2D eigenvalue weighted by Gasteiger charge is -2.28. The zero-order valence-electron chi connectivity index (χ0n) is 24.7. The molecule has 2 fully saturated rings. The third-order valence-electron chi connectivity index (χ3n) is 8.31. The Morgan fingerprint density at radius 1 is 1.15 bits per heavy atom. The van der Waals surface area contributed by atoms with Crippen LogP contribution in [0.25, 0.3) is 0 Å². The quantitative estimate of drug-likeness (QED) is 0.354. The van der Waals surface area contributed by atoms with E-state index in [0.717, 1.165) is 58.0 Å². The van der Waals surface area contributed by atoms with Crippen molar-refractivity contribution in [2.75, 3.05) is 30.8 Å². The summed E-state index contributed by atoms with van der Waals surface area (Å²) in [7, 11) is -3.14. The minimum atomic E-state index is -3.14. The van der Waals surface area contributed by atoms with Gasteiger partial charge in [0.05, 0.1) is 18.0 Å². The van der Waals surface area contributed by atoms with E-state index in [0.29, 0.717) is 29.9 Å². The molecule has 4 rings (SSSR count). The summed E-state index contributed by atoms with van der Waals surface area (Å²) in [5.74, 6) is 1.85. The number of nitrogens with one attached hydrogen (secondary N) is 1. The Bertz CT molecular complexity index is 1280. The summed E-state index contributed by atoms with van der Waals surface area (Å²) in [6.45, 7) is 7.98. The Kier molecular flexibility index (Phi) is 10.6. The molecular weight excluding hydrogens is 545 g/mol. The number of hydrogen-bond acceptors (Lipinski definition) is 7. The van der Waals surface area contributed by atoms with Gasteiger partial charge in [-0.05, 0) is 89.3 Å². The average molecular weight is 590 g/mol. The van der Waals surface area contributed by atoms with Crippen LogP contribution in [0.2, 0.25) is 0 Å². The summed E-state index contributed by atoms with van der Waals surface area (Å²) in [5, 5.41) is 0. The number of nitrogens with zero attached hydrogens (tertiary/aromatic N) is 4. The average Bonchev–Trinajstić information content (AvgIpc) is 3.39. The molecule has 1 amide bonds. The van der Waals surface area contributed by atoms with Gasteiger partial charge in [0.1, 0.15) is 17.9 Å². The number of halogens is 1. The van der Waals surface area contributed by atoms with E-state index in [1.807, 2.05) is 20.8 Å². The molecule has 11 heteroatoms. The minimum Gasteiger partial charge on any atom is -0.451 e. The number of rotatable bonds is 12. The molecule has 9 nitrogen and oxygen atoms in total. The lowest BCUT2D eigenvalue weighted by atomic mass is 9.83. The number of anilines is 1. The van der Waals surface area contributed by atoms with Gasteiger partial charge in [-0.2, -0.15) is 0 Å². The van der Waals surface area contributed by atoms with Crippen molar-refractivity contribution in [1.82, 2.24) is 19.6 Å². The molecule has 226 valence electrons. The van der Waals surface area contributed by atoms with Crippen molar-refractivity contribution in [2.45, 2.75) is 84.2 Å². The van der Waals surface area contributed by atoms with Gasteiger partial charge in [0, 0.05) is 31.7 Å². The van der Waals surface area contributed by atoms with Gasteiger partial charge in [0.2, 0.25) is 10.0 Å². The maximum Gasteiger partial charge on any atom is 0.257 e. The van der Waals surface area contributed by atoms with Crippen LogP contribution < -0.4 is 14.4 Å². The van der Waals surface area contributed by atoms with Crippen LogP contribution in [-0.2, 0) is 10.0 Å². The third-order valence-corrected chi connectivity index (χ3v) is 9.07. The fourth-order valence-corrected chi connectivity index (χ4v) is 7.06. The van der Waals surface area contributed by atoms with Gasteiger partial charge in [-0.15, -0.1) is 0 Å². The highest BCUT2D eigenvalue weighted by Gasteiger charge is 2.28. The second-order valence-corrected chi connectivity index (χ2v) is 13.6. The molecule has 2 aromatic rings. The van der Waals surface area contributed by atoms with Gasteiger partial charge in [0.15, 0.2) is 11.6 Å². The summed E-state index contributed by atoms with van der Waals surface area (Å²) in [6.07, 6.45) is 12.9. The Morgan fingerprint density at radius 3 is 2.56 bits per heavy atom. The summed E-state index contributed by atoms with van der Waals surface area (Å²) in [4.78, 5) is 25.8. The molecule has 1 atom stereocenters. The Balaban J connectivity index is 1.34. The van der Waals surface area contributed by atoms with Crippen LogP contribution in [0.5, 0.6) is 11.5 Å². The maximum absolute atomic E-state index is 14.2. The zero-order valence-corrected chi connectivity index (χ0v) is 25.5. The first-order chi connectivity index (χ1) is 19.5.